The number of aromatic nitrogens is 10. The summed E-state index contributed by atoms with van der Waals surface area (Å²) in [6.45, 7) is 14.3. The molecule has 7 aromatic carbocycles. The van der Waals surface area contributed by atoms with Crippen LogP contribution in [0.3, 0.4) is 0 Å². The Balaban J connectivity index is 0.000000133. The molecule has 1 unspecified atom stereocenters. The topological polar surface area (TPSA) is 218 Å². The Morgan fingerprint density at radius 1 is 0.533 bits per heavy atom. The van der Waals surface area contributed by atoms with E-state index >= 15 is 0 Å². The van der Waals surface area contributed by atoms with Gasteiger partial charge in [0.1, 0.15) is 24.6 Å². The van der Waals surface area contributed by atoms with E-state index in [0.29, 0.717) is 0 Å². The molecule has 0 amide bonds. The average Bonchev–Trinajstić information content (AvgIpc) is 1.72. The minimum atomic E-state index is -0.958. The van der Waals surface area contributed by atoms with Crippen LogP contribution in [0.5, 0.6) is 0 Å². The fraction of sp³-hybridized carbons (Fsp3) is 0.235. The van der Waals surface area contributed by atoms with Gasteiger partial charge in [-0.2, -0.15) is 10.2 Å². The number of hydrogen-bond acceptors (Lipinski definition) is 15. The van der Waals surface area contributed by atoms with Gasteiger partial charge in [0.2, 0.25) is 0 Å². The Hall–Kier alpha value is -9.79. The normalized spacial score (nSPS) is 15.6. The minimum Gasteiger partial charge on any atom is -0.393 e. The van der Waals surface area contributed by atoms with Crippen LogP contribution in [0, 0.1) is 10.1 Å². The van der Waals surface area contributed by atoms with Gasteiger partial charge < -0.3 is 45.1 Å². The largest absolute Gasteiger partial charge is 0.393 e. The number of benzene rings is 7. The molecule has 3 saturated heterocycles. The molecule has 9 heterocycles. The molecule has 0 aliphatic carbocycles. The van der Waals surface area contributed by atoms with Crippen LogP contribution in [0.2, 0.25) is 0 Å². The van der Waals surface area contributed by atoms with Crippen molar-refractivity contribution in [2.75, 3.05) is 127 Å². The van der Waals surface area contributed by atoms with Gasteiger partial charge in [-0.3, -0.25) is 29.6 Å². The molecule has 13 aromatic rings. The molecule has 90 heavy (non-hydrogen) atoms. The van der Waals surface area contributed by atoms with Crippen molar-refractivity contribution < 1.29 is 6.35 Å². The van der Waals surface area contributed by atoms with Crippen LogP contribution in [0.15, 0.2) is 164 Å². The Bertz CT molecular complexity index is 4780. The number of aromatic amines is 3. The monoisotopic (exact) mass is 1210 g/mol. The number of nitro groups is 1. The first-order valence-corrected chi connectivity index (χ1v) is 32.2. The van der Waals surface area contributed by atoms with Crippen molar-refractivity contribution in [3.05, 3.63) is 174 Å². The zero-order valence-electron chi connectivity index (χ0n) is 50.8. The SMILES string of the molecule is CN1CCN(c2ccc([N+](=O)[O-])c(N)c2)CC1.CN1CCN(c2ccc3nc(-c4n[nH]c5ccc(-c6cncc7ccccc67)cc45)[nH]c3c2)CC1.[B]P(C)n1nc(-c2nc3ccc(N4CCN(C)CC4)cc3[nH]2)c2cc(-c3cncc4ccccc34)ccc21.[HH]. The van der Waals surface area contributed by atoms with Gasteiger partial charge in [-0.05, 0) is 130 Å². The Morgan fingerprint density at radius 3 is 1.52 bits per heavy atom. The smallest absolute Gasteiger partial charge is 0.292 e. The molecule has 0 bridgehead atoms. The minimum absolute atomic E-state index is 0. The van der Waals surface area contributed by atoms with Crippen molar-refractivity contribution in [3.63, 3.8) is 0 Å². The second-order valence-electron chi connectivity index (χ2n) is 23.6. The van der Waals surface area contributed by atoms with E-state index in [0.717, 1.165) is 184 Å². The number of imidazole rings is 2. The number of nitrogens with two attached hydrogens (primary N) is 1. The molecular weight excluding hydrogens is 1140 g/mol. The van der Waals surface area contributed by atoms with E-state index in [1.807, 2.05) is 48.0 Å². The van der Waals surface area contributed by atoms with Gasteiger partial charge in [-0.15, -0.1) is 0 Å². The predicted molar refractivity (Wildman–Crippen MR) is 370 cm³/mol. The van der Waals surface area contributed by atoms with Crippen LogP contribution < -0.4 is 20.4 Å². The number of fused-ring (bicyclic) bond motifs is 6. The number of H-pyrrole nitrogens is 3. The maximum absolute atomic E-state index is 10.7. The van der Waals surface area contributed by atoms with Gasteiger partial charge in [0.15, 0.2) is 11.6 Å². The highest BCUT2D eigenvalue weighted by atomic mass is 31.1. The third-order valence-electron chi connectivity index (χ3n) is 17.7. The standard InChI is InChI=1S/C29H27BN7P.C28H25N7.C11H16N4O2.H2/c1-35-11-13-36(14-12-35)21-8-9-25-26(16-21)33-29(32-25)28-23-15-19(7-10-27(23)37(34-28)38(2)30)24-18-31-17-20-5-3-4-6-22(20)24;1-34-10-12-35(13-11-34)20-7-9-25-26(15-20)31-28(30-25)27-22-14-18(6-8-24(22)32-33-27)23-17-29-16-19-4-2-3-5-21(19)23;1-13-4-6-14(7-5-13)9-2-3-11(15(16)17)10(12)8-9;/h3-10,15-18H,11-14H2,1-2H3,(H,32,33);2-9,14-17H,10-13H2,1H3,(H,30,31)(H,32,33);2-3,8H,4-7,12H2,1H3;1H. The molecular formula is C68H70BN18O2P. The maximum atomic E-state index is 10.7. The van der Waals surface area contributed by atoms with Crippen LogP contribution in [-0.2, 0) is 0 Å². The number of piperazine rings is 3. The molecule has 2 radical (unpaired) electrons. The molecule has 452 valence electrons. The van der Waals surface area contributed by atoms with Crippen LogP contribution in [0.4, 0.5) is 28.4 Å². The summed E-state index contributed by atoms with van der Waals surface area (Å²) in [5, 5.41) is 30.1. The fourth-order valence-corrected chi connectivity index (χ4v) is 13.2. The van der Waals surface area contributed by atoms with Gasteiger partial charge in [-0.25, -0.2) is 9.97 Å². The molecule has 0 saturated carbocycles. The first kappa shape index (κ1) is 57.9. The lowest BCUT2D eigenvalue weighted by atomic mass is 9.99. The first-order chi connectivity index (χ1) is 43.8. The number of likely N-dealkylation sites (N-methyl/N-ethyl adjacent to an activating group) is 3. The lowest BCUT2D eigenvalue weighted by Gasteiger charge is -2.34. The second-order valence-corrected chi connectivity index (χ2v) is 25.2. The van der Waals surface area contributed by atoms with Crippen LogP contribution in [0.1, 0.15) is 1.43 Å². The number of pyridine rings is 2. The van der Waals surface area contributed by atoms with Crippen molar-refractivity contribution in [3.8, 4) is 45.3 Å². The lowest BCUT2D eigenvalue weighted by molar-refractivity contribution is -0.383. The molecule has 3 aliphatic rings. The number of nitrogens with one attached hydrogen (secondary N) is 3. The highest BCUT2D eigenvalue weighted by Crippen LogP contribution is 2.40. The highest BCUT2D eigenvalue weighted by molar-refractivity contribution is 7.80. The van der Waals surface area contributed by atoms with E-state index in [9.17, 15) is 10.1 Å². The van der Waals surface area contributed by atoms with Gasteiger partial charge in [0.05, 0.1) is 38.0 Å². The van der Waals surface area contributed by atoms with Gasteiger partial charge in [-0.1, -0.05) is 60.7 Å². The highest BCUT2D eigenvalue weighted by Gasteiger charge is 2.23. The van der Waals surface area contributed by atoms with Crippen molar-refractivity contribution in [2.24, 2.45) is 0 Å². The molecule has 0 spiro atoms. The van der Waals surface area contributed by atoms with Crippen molar-refractivity contribution >= 4 is 109 Å². The molecule has 5 N–H and O–H groups in total. The maximum Gasteiger partial charge on any atom is 0.292 e. The summed E-state index contributed by atoms with van der Waals surface area (Å²) >= 11 is 0. The van der Waals surface area contributed by atoms with Crippen molar-refractivity contribution in [1.29, 1.82) is 0 Å². The second kappa shape index (κ2) is 24.6. The zero-order valence-corrected chi connectivity index (χ0v) is 51.6. The van der Waals surface area contributed by atoms with E-state index < -0.39 is 12.9 Å². The number of nitrogen functional groups attached to an aromatic ring is 1. The van der Waals surface area contributed by atoms with Crippen LogP contribution in [0.25, 0.3) is 111 Å². The summed E-state index contributed by atoms with van der Waals surface area (Å²) in [7, 11) is 11.9. The molecule has 6 aromatic heterocycles. The number of nitrogens with zero attached hydrogens (tertiary/aromatic N) is 14. The zero-order chi connectivity index (χ0) is 61.6. The van der Waals surface area contributed by atoms with Crippen molar-refractivity contribution in [1.82, 2.24) is 64.4 Å². The van der Waals surface area contributed by atoms with Gasteiger partial charge in [0.25, 0.3) is 5.69 Å². The summed E-state index contributed by atoms with van der Waals surface area (Å²) in [5.41, 5.74) is 21.3. The quantitative estimate of drug-likeness (QED) is 0.0347. The van der Waals surface area contributed by atoms with E-state index in [1.165, 1.54) is 28.2 Å². The summed E-state index contributed by atoms with van der Waals surface area (Å²) < 4.78 is 1.94. The summed E-state index contributed by atoms with van der Waals surface area (Å²) in [6.07, 6.45) is 7.68. The first-order valence-electron chi connectivity index (χ1n) is 30.4. The van der Waals surface area contributed by atoms with Crippen LogP contribution in [-0.4, -0.2) is 183 Å². The molecule has 22 heteroatoms. The summed E-state index contributed by atoms with van der Waals surface area (Å²) in [6, 6.07) is 47.4. The number of hydrogen-bond donors (Lipinski definition) is 4. The fourth-order valence-electron chi connectivity index (χ4n) is 12.5. The van der Waals surface area contributed by atoms with E-state index in [4.69, 9.17) is 28.4 Å². The number of rotatable bonds is 9. The lowest BCUT2D eigenvalue weighted by Crippen LogP contribution is -2.44. The summed E-state index contributed by atoms with van der Waals surface area (Å²) in [5.74, 6) is 1.53. The van der Waals surface area contributed by atoms with Crippen molar-refractivity contribution in [2.45, 2.75) is 0 Å². The number of nitro benzene ring substituents is 1. The Morgan fingerprint density at radius 2 is 1.01 bits per heavy atom. The van der Waals surface area contributed by atoms with Crippen LogP contribution >= 0.6 is 7.95 Å². The van der Waals surface area contributed by atoms with Gasteiger partial charge in [0, 0.05) is 161 Å². The third-order valence-corrected chi connectivity index (χ3v) is 18.6. The van der Waals surface area contributed by atoms with E-state index in [2.05, 4.69) is 190 Å². The predicted octanol–water partition coefficient (Wildman–Crippen LogP) is 11.8. The van der Waals surface area contributed by atoms with E-state index in [-0.39, 0.29) is 12.8 Å². The molecule has 1 atom stereocenters. The summed E-state index contributed by atoms with van der Waals surface area (Å²) in [4.78, 5) is 50.2. The average molecular weight is 1210 g/mol. The molecule has 3 fully saturated rings. The Labute approximate surface area is 524 Å². The molecule has 16 rings (SSSR count). The molecule has 20 nitrogen and oxygen atoms in total. The van der Waals surface area contributed by atoms with E-state index in [1.54, 1.807) is 12.1 Å². The molecule has 3 aliphatic heterocycles. The Kier molecular flexibility index (Phi) is 15.9. The number of anilines is 4. The van der Waals surface area contributed by atoms with Gasteiger partial charge >= 0.3 is 0 Å². The third kappa shape index (κ3) is 11.6.